The van der Waals surface area contributed by atoms with Gasteiger partial charge in [-0.25, -0.2) is 0 Å². The van der Waals surface area contributed by atoms with E-state index in [1.54, 1.807) is 7.11 Å². The van der Waals surface area contributed by atoms with Crippen LogP contribution >= 0.6 is 0 Å². The average molecular weight is 249 g/mol. The van der Waals surface area contributed by atoms with Crippen molar-refractivity contribution < 1.29 is 4.74 Å². The lowest BCUT2D eigenvalue weighted by Crippen LogP contribution is -2.29. The van der Waals surface area contributed by atoms with Crippen LogP contribution < -0.4 is 15.8 Å². The molecule has 0 aliphatic carbocycles. The first-order valence-electron chi connectivity index (χ1n) is 6.65. The second-order valence-corrected chi connectivity index (χ2v) is 4.80. The maximum atomic E-state index is 5.79. The highest BCUT2D eigenvalue weighted by atomic mass is 16.5. The predicted molar refractivity (Wildman–Crippen MR) is 74.8 cm³/mol. The van der Waals surface area contributed by atoms with E-state index in [0.717, 1.165) is 36.6 Å². The van der Waals surface area contributed by atoms with Crippen LogP contribution in [-0.4, -0.2) is 38.2 Å². The van der Waals surface area contributed by atoms with Gasteiger partial charge >= 0.3 is 0 Å². The van der Waals surface area contributed by atoms with Gasteiger partial charge in [0.05, 0.1) is 7.11 Å². The van der Waals surface area contributed by atoms with Gasteiger partial charge in [0.1, 0.15) is 5.75 Å². The molecule has 4 nitrogen and oxygen atoms in total. The molecule has 18 heavy (non-hydrogen) atoms. The zero-order valence-corrected chi connectivity index (χ0v) is 11.1. The quantitative estimate of drug-likeness (QED) is 0.592. The summed E-state index contributed by atoms with van der Waals surface area (Å²) < 4.78 is 5.32. The van der Waals surface area contributed by atoms with Gasteiger partial charge in [-0.3, -0.25) is 0 Å². The number of ether oxygens (including phenoxy) is 1. The van der Waals surface area contributed by atoms with Crippen molar-refractivity contribution in [2.45, 2.75) is 19.4 Å². The fourth-order valence-corrected chi connectivity index (χ4v) is 2.40. The maximum absolute atomic E-state index is 5.79. The highest BCUT2D eigenvalue weighted by Gasteiger charge is 2.10. The minimum absolute atomic E-state index is 0.784. The summed E-state index contributed by atoms with van der Waals surface area (Å²) in [4.78, 5) is 2.50. The Hall–Kier alpha value is -1.26. The maximum Gasteiger partial charge on any atom is 0.123 e. The summed E-state index contributed by atoms with van der Waals surface area (Å²) in [6.07, 6.45) is 2.70. The van der Waals surface area contributed by atoms with Crippen molar-refractivity contribution in [1.82, 2.24) is 10.2 Å². The predicted octanol–water partition coefficient (Wildman–Crippen LogP) is 1.46. The van der Waals surface area contributed by atoms with Crippen LogP contribution in [0.4, 0.5) is 5.69 Å². The van der Waals surface area contributed by atoms with Gasteiger partial charge in [0.25, 0.3) is 0 Å². The number of hydrogen-bond acceptors (Lipinski definition) is 4. The van der Waals surface area contributed by atoms with Crippen molar-refractivity contribution in [2.75, 3.05) is 39.0 Å². The van der Waals surface area contributed by atoms with Gasteiger partial charge in [-0.2, -0.15) is 0 Å². The summed E-state index contributed by atoms with van der Waals surface area (Å²) in [5.74, 6) is 0.901. The van der Waals surface area contributed by atoms with Crippen LogP contribution in [-0.2, 0) is 6.54 Å². The molecule has 2 rings (SSSR count). The van der Waals surface area contributed by atoms with E-state index in [4.69, 9.17) is 10.5 Å². The molecule has 0 aromatic heterocycles. The van der Waals surface area contributed by atoms with Gasteiger partial charge < -0.3 is 20.7 Å². The number of nitrogens with two attached hydrogens (primary N) is 1. The van der Waals surface area contributed by atoms with Crippen molar-refractivity contribution in [3.63, 3.8) is 0 Å². The molecule has 0 amide bonds. The Labute approximate surface area is 109 Å². The number of nitrogen functional groups attached to an aromatic ring is 1. The highest BCUT2D eigenvalue weighted by molar-refractivity contribution is 5.47. The van der Waals surface area contributed by atoms with Gasteiger partial charge in [-0.05, 0) is 44.1 Å². The molecule has 1 aromatic carbocycles. The molecule has 1 aliphatic heterocycles. The fraction of sp³-hybridized carbons (Fsp3) is 0.571. The minimum atomic E-state index is 0.784. The molecule has 0 unspecified atom stereocenters. The zero-order chi connectivity index (χ0) is 12.8. The van der Waals surface area contributed by atoms with Crippen LogP contribution in [0.15, 0.2) is 18.2 Å². The molecule has 0 radical (unpaired) electrons. The van der Waals surface area contributed by atoms with Gasteiger partial charge in [-0.1, -0.05) is 0 Å². The first-order valence-corrected chi connectivity index (χ1v) is 6.65. The van der Waals surface area contributed by atoms with Crippen molar-refractivity contribution in [3.8, 4) is 5.75 Å². The third-order valence-corrected chi connectivity index (χ3v) is 3.42. The lowest BCUT2D eigenvalue weighted by atomic mass is 10.2. The Morgan fingerprint density at radius 2 is 2.11 bits per heavy atom. The molecule has 0 bridgehead atoms. The average Bonchev–Trinajstić information content (AvgIpc) is 2.88. The third kappa shape index (κ3) is 3.62. The summed E-state index contributed by atoms with van der Waals surface area (Å²) in [6, 6.07) is 5.76. The lowest BCUT2D eigenvalue weighted by molar-refractivity contribution is 0.335. The fourth-order valence-electron chi connectivity index (χ4n) is 2.40. The van der Waals surface area contributed by atoms with Crippen molar-refractivity contribution in [2.24, 2.45) is 0 Å². The molecule has 1 heterocycles. The van der Waals surface area contributed by atoms with Gasteiger partial charge in [-0.15, -0.1) is 0 Å². The number of rotatable bonds is 6. The van der Waals surface area contributed by atoms with Gasteiger partial charge in [0.15, 0.2) is 0 Å². The van der Waals surface area contributed by atoms with Crippen molar-refractivity contribution in [3.05, 3.63) is 23.8 Å². The summed E-state index contributed by atoms with van der Waals surface area (Å²) >= 11 is 0. The standard InChI is InChI=1S/C14H23N3O/c1-18-14-5-4-13(15)10-12(14)11-16-6-9-17-7-2-3-8-17/h4-5,10,16H,2-3,6-9,11,15H2,1H3. The van der Waals surface area contributed by atoms with Gasteiger partial charge in [0.2, 0.25) is 0 Å². The van der Waals surface area contributed by atoms with Crippen LogP contribution in [0.3, 0.4) is 0 Å². The van der Waals surface area contributed by atoms with E-state index in [9.17, 15) is 0 Å². The highest BCUT2D eigenvalue weighted by Crippen LogP contribution is 2.20. The Kier molecular flexibility index (Phi) is 4.84. The minimum Gasteiger partial charge on any atom is -0.496 e. The number of benzene rings is 1. The van der Waals surface area contributed by atoms with E-state index in [2.05, 4.69) is 10.2 Å². The molecule has 1 saturated heterocycles. The molecule has 0 saturated carbocycles. The Balaban J connectivity index is 1.76. The molecule has 1 aromatic rings. The summed E-state index contributed by atoms with van der Waals surface area (Å²) in [6.45, 7) is 5.46. The Morgan fingerprint density at radius 3 is 2.83 bits per heavy atom. The van der Waals surface area contributed by atoms with E-state index in [-0.39, 0.29) is 0 Å². The number of nitrogens with zero attached hydrogens (tertiary/aromatic N) is 1. The van der Waals surface area contributed by atoms with Crippen molar-refractivity contribution in [1.29, 1.82) is 0 Å². The molecule has 100 valence electrons. The lowest BCUT2D eigenvalue weighted by Gasteiger charge is -2.15. The molecular weight excluding hydrogens is 226 g/mol. The second-order valence-electron chi connectivity index (χ2n) is 4.80. The SMILES string of the molecule is COc1ccc(N)cc1CNCCN1CCCC1. The van der Waals surface area contributed by atoms with E-state index < -0.39 is 0 Å². The number of hydrogen-bond donors (Lipinski definition) is 2. The molecule has 0 atom stereocenters. The molecule has 1 aliphatic rings. The zero-order valence-electron chi connectivity index (χ0n) is 11.1. The number of likely N-dealkylation sites (tertiary alicyclic amines) is 1. The van der Waals surface area contributed by atoms with Crippen LogP contribution in [0, 0.1) is 0 Å². The molecule has 1 fully saturated rings. The van der Waals surface area contributed by atoms with E-state index in [1.165, 1.54) is 25.9 Å². The number of nitrogens with one attached hydrogen (secondary N) is 1. The van der Waals surface area contributed by atoms with Gasteiger partial charge in [0, 0.05) is 30.9 Å². The normalized spacial score (nSPS) is 16.1. The molecule has 4 heteroatoms. The largest absolute Gasteiger partial charge is 0.496 e. The smallest absolute Gasteiger partial charge is 0.123 e. The van der Waals surface area contributed by atoms with E-state index in [1.807, 2.05) is 18.2 Å². The summed E-state index contributed by atoms with van der Waals surface area (Å²) in [5.41, 5.74) is 7.70. The number of anilines is 1. The second kappa shape index (κ2) is 6.61. The van der Waals surface area contributed by atoms with Crippen molar-refractivity contribution >= 4 is 5.69 Å². The van der Waals surface area contributed by atoms with Crippen LogP contribution in [0.1, 0.15) is 18.4 Å². The van der Waals surface area contributed by atoms with E-state index in [0.29, 0.717) is 0 Å². The topological polar surface area (TPSA) is 50.5 Å². The monoisotopic (exact) mass is 249 g/mol. The first kappa shape index (κ1) is 13.2. The third-order valence-electron chi connectivity index (χ3n) is 3.42. The molecule has 3 N–H and O–H groups in total. The van der Waals surface area contributed by atoms with Crippen LogP contribution in [0.2, 0.25) is 0 Å². The van der Waals surface area contributed by atoms with E-state index >= 15 is 0 Å². The number of methoxy groups -OCH3 is 1. The first-order chi connectivity index (χ1) is 8.79. The summed E-state index contributed by atoms with van der Waals surface area (Å²) in [7, 11) is 1.69. The van der Waals surface area contributed by atoms with Crippen LogP contribution in [0.5, 0.6) is 5.75 Å². The summed E-state index contributed by atoms with van der Waals surface area (Å²) in [5, 5.41) is 3.45. The van der Waals surface area contributed by atoms with Crippen LogP contribution in [0.25, 0.3) is 0 Å². The Bertz CT molecular complexity index is 375. The Morgan fingerprint density at radius 1 is 1.33 bits per heavy atom. The molecular formula is C14H23N3O. The molecule has 0 spiro atoms.